The molecule has 0 atom stereocenters. The van der Waals surface area contributed by atoms with Crippen LogP contribution in [-0.2, 0) is 0 Å². The largest absolute Gasteiger partial charge is 0.481 e. The summed E-state index contributed by atoms with van der Waals surface area (Å²) in [6.07, 6.45) is 3.22. The lowest BCUT2D eigenvalue weighted by molar-refractivity contribution is 0.398. The third-order valence-corrected chi connectivity index (χ3v) is 2.11. The van der Waals surface area contributed by atoms with Gasteiger partial charge in [-0.3, -0.25) is 0 Å². The molecule has 2 heterocycles. The van der Waals surface area contributed by atoms with E-state index in [-0.39, 0.29) is 0 Å². The Bertz CT molecular complexity index is 545. The Morgan fingerprint density at radius 2 is 2.18 bits per heavy atom. The van der Waals surface area contributed by atoms with Gasteiger partial charge in [0.25, 0.3) is 0 Å². The first kappa shape index (κ1) is 10.9. The molecule has 0 aromatic carbocycles. The minimum atomic E-state index is 0.550. The van der Waals surface area contributed by atoms with Gasteiger partial charge >= 0.3 is 0 Å². The SMILES string of the molecule is COc1ccc(Nc2cc(C#N)ccn2)cn1. The van der Waals surface area contributed by atoms with Crippen molar-refractivity contribution in [3.05, 3.63) is 42.2 Å². The van der Waals surface area contributed by atoms with Crippen molar-refractivity contribution in [1.29, 1.82) is 5.26 Å². The van der Waals surface area contributed by atoms with Crippen LogP contribution < -0.4 is 10.1 Å². The van der Waals surface area contributed by atoms with Gasteiger partial charge in [-0.2, -0.15) is 5.26 Å². The van der Waals surface area contributed by atoms with E-state index in [4.69, 9.17) is 10.00 Å². The molecule has 2 rings (SSSR count). The minimum Gasteiger partial charge on any atom is -0.481 e. The van der Waals surface area contributed by atoms with Gasteiger partial charge in [0.1, 0.15) is 5.82 Å². The van der Waals surface area contributed by atoms with E-state index in [9.17, 15) is 0 Å². The quantitative estimate of drug-likeness (QED) is 0.867. The van der Waals surface area contributed by atoms with Crippen LogP contribution in [0.15, 0.2) is 36.7 Å². The molecule has 0 unspecified atom stereocenters. The van der Waals surface area contributed by atoms with E-state index >= 15 is 0 Å². The second-order valence-electron chi connectivity index (χ2n) is 3.26. The van der Waals surface area contributed by atoms with E-state index in [0.29, 0.717) is 17.3 Å². The molecule has 0 aliphatic rings. The number of hydrogen-bond donors (Lipinski definition) is 1. The molecule has 0 amide bonds. The molecule has 0 radical (unpaired) electrons. The highest BCUT2D eigenvalue weighted by Crippen LogP contribution is 2.16. The Balaban J connectivity index is 2.16. The maximum Gasteiger partial charge on any atom is 0.213 e. The van der Waals surface area contributed by atoms with E-state index in [2.05, 4.69) is 21.4 Å². The molecule has 84 valence electrons. The first-order valence-corrected chi connectivity index (χ1v) is 4.95. The predicted octanol–water partition coefficient (Wildman–Crippen LogP) is 2.10. The van der Waals surface area contributed by atoms with Gasteiger partial charge in [0.05, 0.1) is 30.6 Å². The summed E-state index contributed by atoms with van der Waals surface area (Å²) in [5, 5.41) is 11.8. The lowest BCUT2D eigenvalue weighted by Gasteiger charge is -2.05. The zero-order valence-electron chi connectivity index (χ0n) is 9.21. The van der Waals surface area contributed by atoms with Gasteiger partial charge in [0.15, 0.2) is 0 Å². The molecular weight excluding hydrogens is 216 g/mol. The molecule has 17 heavy (non-hydrogen) atoms. The van der Waals surface area contributed by atoms with E-state index in [1.54, 1.807) is 37.7 Å². The fourth-order valence-corrected chi connectivity index (χ4v) is 1.29. The number of rotatable bonds is 3. The molecule has 5 nitrogen and oxygen atoms in total. The number of hydrogen-bond acceptors (Lipinski definition) is 5. The molecular formula is C12H10N4O. The van der Waals surface area contributed by atoms with Crippen molar-refractivity contribution in [3.63, 3.8) is 0 Å². The van der Waals surface area contributed by atoms with Crippen molar-refractivity contribution in [2.24, 2.45) is 0 Å². The van der Waals surface area contributed by atoms with Crippen LogP contribution in [0.25, 0.3) is 0 Å². The van der Waals surface area contributed by atoms with Gasteiger partial charge in [-0.25, -0.2) is 9.97 Å². The van der Waals surface area contributed by atoms with Crippen LogP contribution in [0.3, 0.4) is 0 Å². The summed E-state index contributed by atoms with van der Waals surface area (Å²) < 4.78 is 4.96. The number of pyridine rings is 2. The Morgan fingerprint density at radius 1 is 1.29 bits per heavy atom. The number of nitrogens with zero attached hydrogens (tertiary/aromatic N) is 3. The molecule has 2 aromatic heterocycles. The standard InChI is InChI=1S/C12H10N4O/c1-17-12-3-2-10(8-15-12)16-11-6-9(7-13)4-5-14-11/h2-6,8H,1H3,(H,14,16). The van der Waals surface area contributed by atoms with Crippen LogP contribution in [0.5, 0.6) is 5.88 Å². The summed E-state index contributed by atoms with van der Waals surface area (Å²) in [4.78, 5) is 8.16. The van der Waals surface area contributed by atoms with Crippen molar-refractivity contribution in [2.75, 3.05) is 12.4 Å². The second-order valence-corrected chi connectivity index (χ2v) is 3.26. The molecule has 1 N–H and O–H groups in total. The zero-order chi connectivity index (χ0) is 12.1. The lowest BCUT2D eigenvalue weighted by Crippen LogP contribution is -1.95. The molecule has 0 saturated heterocycles. The highest BCUT2D eigenvalue weighted by molar-refractivity contribution is 5.56. The minimum absolute atomic E-state index is 0.550. The Kier molecular flexibility index (Phi) is 3.17. The average molecular weight is 226 g/mol. The summed E-state index contributed by atoms with van der Waals surface area (Å²) >= 11 is 0. The zero-order valence-corrected chi connectivity index (χ0v) is 9.21. The molecule has 0 saturated carbocycles. The summed E-state index contributed by atoms with van der Waals surface area (Å²) in [6, 6.07) is 8.95. The van der Waals surface area contributed by atoms with Crippen molar-refractivity contribution in [3.8, 4) is 11.9 Å². The maximum absolute atomic E-state index is 8.76. The third kappa shape index (κ3) is 2.69. The average Bonchev–Trinajstić information content (AvgIpc) is 2.40. The Hall–Kier alpha value is -2.61. The highest BCUT2D eigenvalue weighted by Gasteiger charge is 1.99. The fourth-order valence-electron chi connectivity index (χ4n) is 1.29. The van der Waals surface area contributed by atoms with E-state index in [0.717, 1.165) is 5.69 Å². The van der Waals surface area contributed by atoms with Crippen molar-refractivity contribution < 1.29 is 4.74 Å². The molecule has 0 fully saturated rings. The molecule has 0 aliphatic carbocycles. The van der Waals surface area contributed by atoms with E-state index < -0.39 is 0 Å². The molecule has 2 aromatic rings. The first-order valence-electron chi connectivity index (χ1n) is 4.95. The van der Waals surface area contributed by atoms with E-state index in [1.165, 1.54) is 0 Å². The van der Waals surface area contributed by atoms with Crippen LogP contribution in [0.1, 0.15) is 5.56 Å². The highest BCUT2D eigenvalue weighted by atomic mass is 16.5. The van der Waals surface area contributed by atoms with Gasteiger partial charge < -0.3 is 10.1 Å². The number of nitriles is 1. The fraction of sp³-hybridized carbons (Fsp3) is 0.0833. The maximum atomic E-state index is 8.76. The van der Waals surface area contributed by atoms with Gasteiger partial charge in [-0.15, -0.1) is 0 Å². The summed E-state index contributed by atoms with van der Waals surface area (Å²) in [6.45, 7) is 0. The van der Waals surface area contributed by atoms with Crippen LogP contribution >= 0.6 is 0 Å². The summed E-state index contributed by atoms with van der Waals surface area (Å²) in [5.74, 6) is 1.16. The number of aromatic nitrogens is 2. The van der Waals surface area contributed by atoms with Crippen molar-refractivity contribution in [1.82, 2.24) is 9.97 Å². The number of methoxy groups -OCH3 is 1. The summed E-state index contributed by atoms with van der Waals surface area (Å²) in [5.41, 5.74) is 1.34. The number of ether oxygens (including phenoxy) is 1. The second kappa shape index (κ2) is 4.94. The topological polar surface area (TPSA) is 70.8 Å². The van der Waals surface area contributed by atoms with Gasteiger partial charge in [-0.1, -0.05) is 0 Å². The summed E-state index contributed by atoms with van der Waals surface area (Å²) in [7, 11) is 1.56. The van der Waals surface area contributed by atoms with E-state index in [1.807, 2.05) is 6.07 Å². The third-order valence-electron chi connectivity index (χ3n) is 2.11. The Labute approximate surface area is 98.7 Å². The number of nitrogens with one attached hydrogen (secondary N) is 1. The van der Waals surface area contributed by atoms with Crippen LogP contribution in [-0.4, -0.2) is 17.1 Å². The Morgan fingerprint density at radius 3 is 2.82 bits per heavy atom. The van der Waals surface area contributed by atoms with Gasteiger partial charge in [-0.05, 0) is 18.2 Å². The van der Waals surface area contributed by atoms with Gasteiger partial charge in [0.2, 0.25) is 5.88 Å². The van der Waals surface area contributed by atoms with Crippen molar-refractivity contribution in [2.45, 2.75) is 0 Å². The van der Waals surface area contributed by atoms with Gasteiger partial charge in [0, 0.05) is 12.3 Å². The van der Waals surface area contributed by atoms with Crippen LogP contribution in [0.4, 0.5) is 11.5 Å². The van der Waals surface area contributed by atoms with Crippen LogP contribution in [0.2, 0.25) is 0 Å². The first-order chi connectivity index (χ1) is 8.31. The number of anilines is 2. The molecule has 0 bridgehead atoms. The molecule has 5 heteroatoms. The predicted molar refractivity (Wildman–Crippen MR) is 63.0 cm³/mol. The van der Waals surface area contributed by atoms with Crippen molar-refractivity contribution >= 4 is 11.5 Å². The normalized spacial score (nSPS) is 9.41. The monoisotopic (exact) mass is 226 g/mol. The smallest absolute Gasteiger partial charge is 0.213 e. The lowest BCUT2D eigenvalue weighted by atomic mass is 10.3. The molecule has 0 spiro atoms. The van der Waals surface area contributed by atoms with Crippen LogP contribution in [0, 0.1) is 11.3 Å². The molecule has 0 aliphatic heterocycles.